The molecule has 2 atom stereocenters. The third-order valence-electron chi connectivity index (χ3n) is 1.82. The molecule has 0 aromatic rings. The van der Waals surface area contributed by atoms with Crippen molar-refractivity contribution in [3.8, 4) is 0 Å². The zero-order chi connectivity index (χ0) is 6.69. The Labute approximate surface area is 51.7 Å². The smallest absolute Gasteiger partial charge is 0.119 e. The Bertz CT molecular complexity index is 87.1. The first-order valence-electron chi connectivity index (χ1n) is 3.77. The summed E-state index contributed by atoms with van der Waals surface area (Å²) in [6.07, 6.45) is 4.62. The van der Waals surface area contributed by atoms with Gasteiger partial charge in [0.25, 0.3) is 0 Å². The predicted molar refractivity (Wildman–Crippen MR) is 34.4 cm³/mol. The first-order valence-corrected chi connectivity index (χ1v) is 3.27. The Balaban J connectivity index is 2.30. The van der Waals surface area contributed by atoms with Gasteiger partial charge in [0.1, 0.15) is 1.41 Å². The highest BCUT2D eigenvalue weighted by Crippen LogP contribution is 2.14. The standard InChI is InChI=1S/C6H14N2/c7-5-3-1-2-4-6(5)8/h5-6H,1-4,7-8H2/i/hD. The monoisotopic (exact) mass is 115 g/mol. The van der Waals surface area contributed by atoms with Crippen molar-refractivity contribution in [1.82, 2.24) is 0 Å². The van der Waals surface area contributed by atoms with Crippen LogP contribution in [0.2, 0.25) is 1.41 Å². The van der Waals surface area contributed by atoms with Crippen molar-refractivity contribution in [1.29, 1.82) is 0 Å². The number of rotatable bonds is 1. The van der Waals surface area contributed by atoms with Crippen molar-refractivity contribution in [2.75, 3.05) is 0 Å². The van der Waals surface area contributed by atoms with Gasteiger partial charge in [0, 0.05) is 12.1 Å². The van der Waals surface area contributed by atoms with Crippen LogP contribution >= 0.6 is 0 Å². The average Bonchev–Trinajstić information content (AvgIpc) is 1.89. The number of hydrogen-bond donors (Lipinski definition) is 2. The van der Waals surface area contributed by atoms with Crippen molar-refractivity contribution >= 4 is 0 Å². The van der Waals surface area contributed by atoms with Gasteiger partial charge in [0.05, 0.1) is 0 Å². The molecule has 0 aromatic carbocycles. The van der Waals surface area contributed by atoms with Crippen LogP contribution in [0.1, 0.15) is 25.7 Å². The molecule has 2 nitrogen and oxygen atoms in total. The van der Waals surface area contributed by atoms with E-state index in [0.29, 0.717) is 0 Å². The van der Waals surface area contributed by atoms with Crippen LogP contribution < -0.4 is 11.5 Å². The number of hydrogen-bond acceptors (Lipinski definition) is 2. The molecule has 48 valence electrons. The van der Waals surface area contributed by atoms with E-state index in [4.69, 9.17) is 7.15 Å². The van der Waals surface area contributed by atoms with E-state index in [9.17, 15) is 0 Å². The van der Waals surface area contributed by atoms with Crippen LogP contribution in [0, 0.1) is 0 Å². The summed E-state index contributed by atoms with van der Waals surface area (Å²) in [6, 6.07) is 0.468. The molecule has 2 unspecified atom stereocenters. The highest BCUT2D eigenvalue weighted by molar-refractivity contribution is 4.79. The van der Waals surface area contributed by atoms with Gasteiger partial charge in [-0.15, -0.1) is 0 Å². The third-order valence-corrected chi connectivity index (χ3v) is 1.82. The molecule has 1 aliphatic rings. The Hall–Kier alpha value is -0.0800. The summed E-state index contributed by atoms with van der Waals surface area (Å²) < 4.78 is 6.90. The van der Waals surface area contributed by atoms with Gasteiger partial charge in [-0.3, -0.25) is 0 Å². The summed E-state index contributed by atoms with van der Waals surface area (Å²) in [5.41, 5.74) is 8.19. The van der Waals surface area contributed by atoms with E-state index in [1.165, 1.54) is 12.8 Å². The summed E-state index contributed by atoms with van der Waals surface area (Å²) in [5, 5.41) is 0. The molecule has 0 amide bonds. The molecule has 0 aliphatic heterocycles. The molecular formula is C6H14N2. The lowest BCUT2D eigenvalue weighted by atomic mass is 9.92. The molecule has 0 aromatic heterocycles. The first-order chi connectivity index (χ1) is 4.34. The second-order valence-electron chi connectivity index (χ2n) is 2.55. The van der Waals surface area contributed by atoms with Gasteiger partial charge < -0.3 is 11.5 Å². The molecule has 1 rings (SSSR count). The zero-order valence-electron chi connectivity index (χ0n) is 6.06. The molecule has 0 bridgehead atoms. The molecule has 0 heterocycles. The maximum absolute atomic E-state index is 6.90. The van der Waals surface area contributed by atoms with Crippen LogP contribution in [-0.4, -0.2) is 12.1 Å². The fraction of sp³-hybridized carbons (Fsp3) is 1.00. The summed E-state index contributed by atoms with van der Waals surface area (Å²) in [6.45, 7) is 0. The quantitative estimate of drug-likeness (QED) is 0.513. The van der Waals surface area contributed by atoms with E-state index in [2.05, 4.69) is 5.73 Å². The minimum atomic E-state index is 0.219. The van der Waals surface area contributed by atoms with E-state index in [1.54, 1.807) is 0 Å². The molecular weight excluding hydrogens is 100 g/mol. The van der Waals surface area contributed by atoms with Crippen LogP contribution in [0.3, 0.4) is 0 Å². The summed E-state index contributed by atoms with van der Waals surface area (Å²) in [4.78, 5) is 0. The van der Waals surface area contributed by atoms with Crippen molar-refractivity contribution in [2.24, 2.45) is 11.5 Å². The summed E-state index contributed by atoms with van der Waals surface area (Å²) in [7, 11) is 0. The lowest BCUT2D eigenvalue weighted by Crippen LogP contribution is -2.43. The third kappa shape index (κ3) is 1.20. The largest absolute Gasteiger partial charge is 0.326 e. The lowest BCUT2D eigenvalue weighted by molar-refractivity contribution is 0.385. The predicted octanol–water partition coefficient (Wildman–Crippen LogP) is 0.215. The average molecular weight is 115 g/mol. The molecule has 1 saturated carbocycles. The van der Waals surface area contributed by atoms with E-state index in [1.807, 2.05) is 0 Å². The van der Waals surface area contributed by atoms with Gasteiger partial charge in [-0.2, -0.15) is 0 Å². The SMILES string of the molecule is [2H]NC1CCCCC1N. The lowest BCUT2D eigenvalue weighted by Gasteiger charge is -2.24. The fourth-order valence-corrected chi connectivity index (χ4v) is 1.16. The zero-order valence-corrected chi connectivity index (χ0v) is 5.06. The molecule has 2 heteroatoms. The van der Waals surface area contributed by atoms with Crippen molar-refractivity contribution in [3.05, 3.63) is 0 Å². The van der Waals surface area contributed by atoms with Crippen molar-refractivity contribution < 1.29 is 1.41 Å². The summed E-state index contributed by atoms with van der Waals surface area (Å²) >= 11 is 0. The number of nitrogens with two attached hydrogens (primary N) is 2. The maximum atomic E-state index is 6.90. The van der Waals surface area contributed by atoms with Gasteiger partial charge in [0.2, 0.25) is 0 Å². The second kappa shape index (κ2) is 2.46. The van der Waals surface area contributed by atoms with Crippen molar-refractivity contribution in [2.45, 2.75) is 37.8 Å². The van der Waals surface area contributed by atoms with E-state index >= 15 is 0 Å². The minimum absolute atomic E-state index is 0.219. The maximum Gasteiger partial charge on any atom is 0.119 e. The van der Waals surface area contributed by atoms with Crippen LogP contribution in [0.25, 0.3) is 0 Å². The van der Waals surface area contributed by atoms with Gasteiger partial charge in [-0.05, 0) is 12.8 Å². The first kappa shape index (κ1) is 4.77. The van der Waals surface area contributed by atoms with Crippen LogP contribution in [0.15, 0.2) is 0 Å². The van der Waals surface area contributed by atoms with E-state index < -0.39 is 0 Å². The van der Waals surface area contributed by atoms with Crippen LogP contribution in [-0.2, 0) is 0 Å². The van der Waals surface area contributed by atoms with E-state index in [-0.39, 0.29) is 12.1 Å². The Morgan fingerprint density at radius 2 is 1.88 bits per heavy atom. The second-order valence-corrected chi connectivity index (χ2v) is 2.55. The Morgan fingerprint density at radius 3 is 2.25 bits per heavy atom. The van der Waals surface area contributed by atoms with E-state index in [0.717, 1.165) is 12.8 Å². The highest BCUT2D eigenvalue weighted by atomic mass is 14.8. The molecule has 0 radical (unpaired) electrons. The molecule has 1 aliphatic carbocycles. The van der Waals surface area contributed by atoms with Gasteiger partial charge >= 0.3 is 0 Å². The van der Waals surface area contributed by atoms with Gasteiger partial charge in [-0.1, -0.05) is 12.8 Å². The molecule has 0 spiro atoms. The molecule has 0 saturated heterocycles. The molecule has 4 N–H and O–H groups in total. The van der Waals surface area contributed by atoms with Gasteiger partial charge in [-0.25, -0.2) is 0 Å². The normalized spacial score (nSPS) is 41.4. The summed E-state index contributed by atoms with van der Waals surface area (Å²) in [5.74, 6) is 0. The molecule has 1 fully saturated rings. The van der Waals surface area contributed by atoms with Gasteiger partial charge in [0.15, 0.2) is 0 Å². The fourth-order valence-electron chi connectivity index (χ4n) is 1.16. The van der Waals surface area contributed by atoms with Crippen LogP contribution in [0.4, 0.5) is 0 Å². The molecule has 8 heavy (non-hydrogen) atoms. The van der Waals surface area contributed by atoms with Crippen molar-refractivity contribution in [3.63, 3.8) is 0 Å². The Morgan fingerprint density at radius 1 is 1.25 bits per heavy atom. The highest BCUT2D eigenvalue weighted by Gasteiger charge is 2.16. The van der Waals surface area contributed by atoms with Crippen LogP contribution in [0.5, 0.6) is 0 Å². The Kier molecular flexibility index (Phi) is 1.47. The minimum Gasteiger partial charge on any atom is -0.326 e. The topological polar surface area (TPSA) is 52.0 Å².